The second kappa shape index (κ2) is 10.9. The molecule has 0 atom stereocenters. The highest BCUT2D eigenvalue weighted by atomic mass is 19.4. The van der Waals surface area contributed by atoms with Gasteiger partial charge in [0.15, 0.2) is 0 Å². The fraction of sp³-hybridized carbons (Fsp3) is 0.400. The van der Waals surface area contributed by atoms with Crippen LogP contribution in [-0.4, -0.2) is 68.3 Å². The zero-order valence-corrected chi connectivity index (χ0v) is 23.8. The molecule has 0 bridgehead atoms. The first kappa shape index (κ1) is 28.0. The average molecular weight is 579 g/mol. The molecular weight excluding hydrogens is 545 g/mol. The number of hydrogen-bond donors (Lipinski definition) is 1. The van der Waals surface area contributed by atoms with Crippen LogP contribution in [0.1, 0.15) is 40.0 Å². The summed E-state index contributed by atoms with van der Waals surface area (Å²) >= 11 is 0. The zero-order valence-electron chi connectivity index (χ0n) is 23.8. The molecule has 1 aliphatic heterocycles. The number of halogens is 3. The first-order valence-corrected chi connectivity index (χ1v) is 14.1. The summed E-state index contributed by atoms with van der Waals surface area (Å²) in [4.78, 5) is 17.7. The fourth-order valence-corrected chi connectivity index (χ4v) is 5.34. The van der Waals surface area contributed by atoms with Crippen molar-refractivity contribution in [3.63, 3.8) is 0 Å². The van der Waals surface area contributed by atoms with Gasteiger partial charge in [0, 0.05) is 68.0 Å². The standard InChI is InChI=1S/C30H33F3N8O/c1-19-4-7-22(12-28(19)41-18-27(36-37-41)26-16-34-38(3)20(26)2)29(42)35-24-13-23(30(31,32)33)14-25(15-24)40-10-8-39(9-11-40)17-21-5-6-21/h4,7,12-16,18,21H,5-6,8-11,17H2,1-3H3,(H,35,42). The monoisotopic (exact) mass is 578 g/mol. The highest BCUT2D eigenvalue weighted by molar-refractivity contribution is 6.05. The van der Waals surface area contributed by atoms with Crippen LogP contribution in [0.25, 0.3) is 16.9 Å². The molecule has 220 valence electrons. The number of piperazine rings is 1. The molecule has 0 spiro atoms. The highest BCUT2D eigenvalue weighted by Crippen LogP contribution is 2.36. The minimum atomic E-state index is -4.54. The van der Waals surface area contributed by atoms with E-state index in [9.17, 15) is 18.0 Å². The summed E-state index contributed by atoms with van der Waals surface area (Å²) in [5, 5.41) is 15.5. The smallest absolute Gasteiger partial charge is 0.369 e. The van der Waals surface area contributed by atoms with Crippen molar-refractivity contribution >= 4 is 17.3 Å². The lowest BCUT2D eigenvalue weighted by molar-refractivity contribution is -0.137. The van der Waals surface area contributed by atoms with Crippen LogP contribution in [0.5, 0.6) is 0 Å². The lowest BCUT2D eigenvalue weighted by Crippen LogP contribution is -2.47. The van der Waals surface area contributed by atoms with E-state index in [1.54, 1.807) is 46.0 Å². The molecule has 2 aliphatic rings. The van der Waals surface area contributed by atoms with Gasteiger partial charge in [-0.2, -0.15) is 18.3 Å². The molecule has 4 aromatic rings. The highest BCUT2D eigenvalue weighted by Gasteiger charge is 2.33. The Kier molecular flexibility index (Phi) is 7.25. The summed E-state index contributed by atoms with van der Waals surface area (Å²) in [6.07, 6.45) is 1.47. The van der Waals surface area contributed by atoms with Crippen molar-refractivity contribution in [2.75, 3.05) is 42.9 Å². The van der Waals surface area contributed by atoms with Gasteiger partial charge in [-0.15, -0.1) is 5.10 Å². The van der Waals surface area contributed by atoms with Crippen molar-refractivity contribution < 1.29 is 18.0 Å². The van der Waals surface area contributed by atoms with E-state index in [0.717, 1.165) is 48.4 Å². The van der Waals surface area contributed by atoms with Gasteiger partial charge >= 0.3 is 6.18 Å². The first-order valence-electron chi connectivity index (χ1n) is 14.1. The molecule has 12 heteroatoms. The Morgan fingerprint density at radius 2 is 1.81 bits per heavy atom. The quantitative estimate of drug-likeness (QED) is 0.329. The topological polar surface area (TPSA) is 84.1 Å². The van der Waals surface area contributed by atoms with Gasteiger partial charge in [-0.3, -0.25) is 14.4 Å². The second-order valence-corrected chi connectivity index (χ2v) is 11.3. The first-order chi connectivity index (χ1) is 20.0. The Bertz CT molecular complexity index is 1610. The summed E-state index contributed by atoms with van der Waals surface area (Å²) in [5.74, 6) is 0.255. The van der Waals surface area contributed by atoms with Gasteiger partial charge in [-0.05, 0) is 68.5 Å². The van der Waals surface area contributed by atoms with Crippen LogP contribution in [0.3, 0.4) is 0 Å². The average Bonchev–Trinajstić information content (AvgIpc) is 3.53. The van der Waals surface area contributed by atoms with E-state index >= 15 is 0 Å². The Balaban J connectivity index is 1.22. The van der Waals surface area contributed by atoms with Crippen molar-refractivity contribution in [1.29, 1.82) is 0 Å². The van der Waals surface area contributed by atoms with Gasteiger partial charge < -0.3 is 10.2 Å². The van der Waals surface area contributed by atoms with Crippen LogP contribution in [0, 0.1) is 19.8 Å². The number of anilines is 2. The Labute approximate surface area is 241 Å². The number of alkyl halides is 3. The zero-order chi connectivity index (χ0) is 29.6. The number of aromatic nitrogens is 5. The van der Waals surface area contributed by atoms with E-state index in [0.29, 0.717) is 30.2 Å². The fourth-order valence-electron chi connectivity index (χ4n) is 5.34. The van der Waals surface area contributed by atoms with E-state index in [-0.39, 0.29) is 11.3 Å². The molecule has 42 heavy (non-hydrogen) atoms. The summed E-state index contributed by atoms with van der Waals surface area (Å²) in [6.45, 7) is 7.79. The third kappa shape index (κ3) is 5.89. The number of hydrogen-bond acceptors (Lipinski definition) is 6. The van der Waals surface area contributed by atoms with Crippen molar-refractivity contribution in [2.24, 2.45) is 13.0 Å². The molecular formula is C30H33F3N8O. The summed E-state index contributed by atoms with van der Waals surface area (Å²) in [5.41, 5.74) is 3.97. The maximum absolute atomic E-state index is 13.9. The van der Waals surface area contributed by atoms with Crippen LogP contribution < -0.4 is 10.2 Å². The number of nitrogens with one attached hydrogen (secondary N) is 1. The number of aryl methyl sites for hydroxylation is 2. The number of carbonyl (C=O) groups excluding carboxylic acids is 1. The largest absolute Gasteiger partial charge is 0.416 e. The van der Waals surface area contributed by atoms with E-state index in [2.05, 4.69) is 25.6 Å². The summed E-state index contributed by atoms with van der Waals surface area (Å²) < 4.78 is 44.9. The van der Waals surface area contributed by atoms with Gasteiger partial charge in [0.25, 0.3) is 5.91 Å². The van der Waals surface area contributed by atoms with Crippen molar-refractivity contribution in [3.05, 3.63) is 71.2 Å². The lowest BCUT2D eigenvalue weighted by atomic mass is 10.1. The third-order valence-corrected chi connectivity index (χ3v) is 8.18. The molecule has 1 N–H and O–H groups in total. The SMILES string of the molecule is Cc1ccc(C(=O)Nc2cc(N3CCN(CC4CC4)CC3)cc(C(F)(F)F)c2)cc1-n1cc(-c2cnn(C)c2C)nn1. The predicted molar refractivity (Wildman–Crippen MR) is 154 cm³/mol. The maximum Gasteiger partial charge on any atom is 0.416 e. The Hall–Kier alpha value is -4.19. The van der Waals surface area contributed by atoms with Gasteiger partial charge in [0.05, 0.1) is 23.6 Å². The van der Waals surface area contributed by atoms with E-state index in [4.69, 9.17) is 0 Å². The number of benzene rings is 2. The van der Waals surface area contributed by atoms with Crippen molar-refractivity contribution in [3.8, 4) is 16.9 Å². The predicted octanol–water partition coefficient (Wildman–Crippen LogP) is 5.09. The molecule has 1 saturated carbocycles. The number of rotatable bonds is 7. The van der Waals surface area contributed by atoms with Crippen LogP contribution in [0.4, 0.5) is 24.5 Å². The van der Waals surface area contributed by atoms with Crippen LogP contribution in [0.15, 0.2) is 48.8 Å². The van der Waals surface area contributed by atoms with Gasteiger partial charge in [-0.1, -0.05) is 11.3 Å². The molecule has 1 amide bonds. The van der Waals surface area contributed by atoms with Crippen LogP contribution in [0.2, 0.25) is 0 Å². The second-order valence-electron chi connectivity index (χ2n) is 11.3. The molecule has 1 aliphatic carbocycles. The number of carbonyl (C=O) groups is 1. The molecule has 9 nitrogen and oxygen atoms in total. The van der Waals surface area contributed by atoms with E-state index in [1.807, 2.05) is 25.8 Å². The minimum absolute atomic E-state index is 0.0995. The van der Waals surface area contributed by atoms with E-state index in [1.165, 1.54) is 18.9 Å². The van der Waals surface area contributed by atoms with Crippen molar-refractivity contribution in [1.82, 2.24) is 29.7 Å². The van der Waals surface area contributed by atoms with Crippen LogP contribution in [-0.2, 0) is 13.2 Å². The van der Waals surface area contributed by atoms with Gasteiger partial charge in [-0.25, -0.2) is 4.68 Å². The molecule has 2 aromatic carbocycles. The lowest BCUT2D eigenvalue weighted by Gasteiger charge is -2.36. The summed E-state index contributed by atoms with van der Waals surface area (Å²) in [6, 6.07) is 8.86. The number of amides is 1. The molecule has 2 fully saturated rings. The third-order valence-electron chi connectivity index (χ3n) is 8.18. The summed E-state index contributed by atoms with van der Waals surface area (Å²) in [7, 11) is 1.85. The van der Waals surface area contributed by atoms with Crippen molar-refractivity contribution in [2.45, 2.75) is 32.9 Å². The Morgan fingerprint density at radius 3 is 2.48 bits per heavy atom. The Morgan fingerprint density at radius 1 is 1.05 bits per heavy atom. The normalized spacial score (nSPS) is 16.2. The molecule has 1 saturated heterocycles. The van der Waals surface area contributed by atoms with E-state index < -0.39 is 17.6 Å². The minimum Gasteiger partial charge on any atom is -0.369 e. The molecule has 6 rings (SSSR count). The molecule has 0 unspecified atom stereocenters. The van der Waals surface area contributed by atoms with Crippen LogP contribution >= 0.6 is 0 Å². The molecule has 0 radical (unpaired) electrons. The molecule has 3 heterocycles. The maximum atomic E-state index is 13.9. The van der Waals surface area contributed by atoms with Gasteiger partial charge in [0.2, 0.25) is 0 Å². The number of nitrogens with zero attached hydrogens (tertiary/aromatic N) is 7. The van der Waals surface area contributed by atoms with Gasteiger partial charge in [0.1, 0.15) is 5.69 Å². The molecule has 2 aromatic heterocycles.